The van der Waals surface area contributed by atoms with Crippen molar-refractivity contribution < 1.29 is 14.3 Å². The van der Waals surface area contributed by atoms with E-state index in [0.717, 1.165) is 0 Å². The number of methoxy groups -OCH3 is 1. The highest BCUT2D eigenvalue weighted by molar-refractivity contribution is 5.71. The molecule has 0 aromatic heterocycles. The van der Waals surface area contributed by atoms with Crippen molar-refractivity contribution in [1.29, 1.82) is 0 Å². The maximum Gasteiger partial charge on any atom is 0.373 e. The molecule has 0 bridgehead atoms. The van der Waals surface area contributed by atoms with Gasteiger partial charge in [-0.3, -0.25) is 0 Å². The Hall–Kier alpha value is -1.06. The molecule has 0 aliphatic heterocycles. The molecule has 0 heterocycles. The molecule has 0 amide bonds. The molecule has 0 atom stereocenters. The van der Waals surface area contributed by atoms with Gasteiger partial charge in [-0.05, 0) is 0 Å². The number of hydrogen-bond donors (Lipinski definition) is 0. The molecular weight excluding hydrogens is 146 g/mol. The van der Waals surface area contributed by atoms with E-state index in [4.69, 9.17) is 0 Å². The van der Waals surface area contributed by atoms with Gasteiger partial charge in [-0.15, -0.1) is 0 Å². The topological polar surface area (TPSA) is 52.4 Å². The molecule has 0 radical (unpaired) electrons. The Morgan fingerprint density at radius 2 is 2.27 bits per heavy atom. The van der Waals surface area contributed by atoms with E-state index < -0.39 is 5.97 Å². The minimum absolute atomic E-state index is 0.150. The molecule has 0 aromatic carbocycles. The van der Waals surface area contributed by atoms with Crippen LogP contribution in [0.5, 0.6) is 0 Å². The SMILES string of the molecule is COC(=O)C/[N+]([O-])=C/C(C)C. The van der Waals surface area contributed by atoms with Gasteiger partial charge in [0.2, 0.25) is 6.54 Å². The Balaban J connectivity index is 3.86. The van der Waals surface area contributed by atoms with Gasteiger partial charge in [-0.1, -0.05) is 13.8 Å². The number of esters is 1. The maximum absolute atomic E-state index is 10.8. The van der Waals surface area contributed by atoms with Crippen LogP contribution in [0, 0.1) is 11.1 Å². The summed E-state index contributed by atoms with van der Waals surface area (Å²) in [6, 6.07) is 0. The molecule has 11 heavy (non-hydrogen) atoms. The third kappa shape index (κ3) is 5.39. The fraction of sp³-hybridized carbons (Fsp3) is 0.714. The van der Waals surface area contributed by atoms with Crippen molar-refractivity contribution in [2.24, 2.45) is 5.92 Å². The number of rotatable bonds is 3. The van der Waals surface area contributed by atoms with Crippen LogP contribution in [0.25, 0.3) is 0 Å². The van der Waals surface area contributed by atoms with Crippen molar-refractivity contribution in [2.45, 2.75) is 13.8 Å². The van der Waals surface area contributed by atoms with Gasteiger partial charge >= 0.3 is 5.97 Å². The summed E-state index contributed by atoms with van der Waals surface area (Å²) in [7, 11) is 1.26. The third-order valence-corrected chi connectivity index (χ3v) is 0.977. The van der Waals surface area contributed by atoms with Crippen LogP contribution in [0.2, 0.25) is 0 Å². The van der Waals surface area contributed by atoms with E-state index in [0.29, 0.717) is 4.74 Å². The van der Waals surface area contributed by atoms with E-state index in [2.05, 4.69) is 4.74 Å². The summed E-state index contributed by atoms with van der Waals surface area (Å²) in [6.07, 6.45) is 1.43. The lowest BCUT2D eigenvalue weighted by Crippen LogP contribution is -2.19. The minimum Gasteiger partial charge on any atom is -0.624 e. The second-order valence-corrected chi connectivity index (χ2v) is 2.54. The molecule has 0 N–H and O–H groups in total. The summed E-state index contributed by atoms with van der Waals surface area (Å²) in [4.78, 5) is 10.5. The second kappa shape index (κ2) is 4.71. The Bertz CT molecular complexity index is 163. The lowest BCUT2D eigenvalue weighted by atomic mass is 10.2. The quantitative estimate of drug-likeness (QED) is 0.197. The summed E-state index contributed by atoms with van der Waals surface area (Å²) < 4.78 is 4.88. The molecule has 0 aliphatic carbocycles. The number of nitrogens with zero attached hydrogens (tertiary/aromatic N) is 1. The van der Waals surface area contributed by atoms with E-state index in [9.17, 15) is 10.0 Å². The first-order valence-corrected chi connectivity index (χ1v) is 3.42. The first-order valence-electron chi connectivity index (χ1n) is 3.42. The zero-order chi connectivity index (χ0) is 8.85. The fourth-order valence-electron chi connectivity index (χ4n) is 0.577. The van der Waals surface area contributed by atoms with E-state index >= 15 is 0 Å². The van der Waals surface area contributed by atoms with Gasteiger partial charge in [0.25, 0.3) is 0 Å². The highest BCUT2D eigenvalue weighted by atomic mass is 16.5. The highest BCUT2D eigenvalue weighted by Crippen LogP contribution is 1.85. The van der Waals surface area contributed by atoms with Gasteiger partial charge in [0.15, 0.2) is 6.21 Å². The van der Waals surface area contributed by atoms with Crippen LogP contribution < -0.4 is 0 Å². The van der Waals surface area contributed by atoms with Crippen molar-refractivity contribution in [3.05, 3.63) is 5.21 Å². The monoisotopic (exact) mass is 159 g/mol. The number of hydrogen-bond acceptors (Lipinski definition) is 3. The summed E-state index contributed by atoms with van der Waals surface area (Å²) in [6.45, 7) is 3.50. The number of carbonyl (C=O) groups is 1. The van der Waals surface area contributed by atoms with Gasteiger partial charge in [0.1, 0.15) is 0 Å². The van der Waals surface area contributed by atoms with E-state index in [1.807, 2.05) is 13.8 Å². The van der Waals surface area contributed by atoms with Crippen molar-refractivity contribution >= 4 is 12.2 Å². The molecule has 0 aromatic rings. The van der Waals surface area contributed by atoms with Crippen LogP contribution in [0.15, 0.2) is 0 Å². The van der Waals surface area contributed by atoms with Crippen molar-refractivity contribution in [2.75, 3.05) is 13.7 Å². The molecule has 0 aliphatic rings. The summed E-state index contributed by atoms with van der Waals surface area (Å²) in [5.41, 5.74) is 0. The molecule has 64 valence electrons. The van der Waals surface area contributed by atoms with Crippen LogP contribution in [0.3, 0.4) is 0 Å². The number of hydroxylamine groups is 1. The van der Waals surface area contributed by atoms with Crippen molar-refractivity contribution in [3.8, 4) is 0 Å². The molecule has 0 saturated heterocycles. The third-order valence-electron chi connectivity index (χ3n) is 0.977. The summed E-state index contributed by atoms with van der Waals surface area (Å²) >= 11 is 0. The molecule has 0 fully saturated rings. The standard InChI is InChI=1S/C7H13NO3/c1-6(2)4-8(10)5-7(9)11-3/h4,6H,5H2,1-3H3/b8-4-. The normalized spacial score (nSPS) is 11.8. The van der Waals surface area contributed by atoms with Gasteiger partial charge in [0, 0.05) is 5.92 Å². The smallest absolute Gasteiger partial charge is 0.373 e. The molecule has 0 spiro atoms. The Morgan fingerprint density at radius 1 is 1.73 bits per heavy atom. The zero-order valence-electron chi connectivity index (χ0n) is 7.03. The molecule has 0 rings (SSSR count). The number of carbonyl (C=O) groups excluding carboxylic acids is 1. The highest BCUT2D eigenvalue weighted by Gasteiger charge is 2.05. The largest absolute Gasteiger partial charge is 0.624 e. The maximum atomic E-state index is 10.8. The summed E-state index contributed by atoms with van der Waals surface area (Å²) in [5.74, 6) is -0.367. The number of ether oxygens (including phenoxy) is 1. The van der Waals surface area contributed by atoms with Gasteiger partial charge < -0.3 is 9.94 Å². The second-order valence-electron chi connectivity index (χ2n) is 2.54. The Kier molecular flexibility index (Phi) is 4.26. The lowest BCUT2D eigenvalue weighted by molar-refractivity contribution is -0.445. The summed E-state index contributed by atoms with van der Waals surface area (Å²) in [5, 5.41) is 10.8. The predicted octanol–water partition coefficient (Wildman–Crippen LogP) is 0.396. The first-order chi connectivity index (χ1) is 5.06. The molecule has 0 unspecified atom stereocenters. The van der Waals surface area contributed by atoms with Crippen molar-refractivity contribution in [3.63, 3.8) is 0 Å². The van der Waals surface area contributed by atoms with Crippen LogP contribution >= 0.6 is 0 Å². The van der Waals surface area contributed by atoms with Gasteiger partial charge in [0.05, 0.1) is 7.11 Å². The van der Waals surface area contributed by atoms with Crippen LogP contribution in [0.4, 0.5) is 0 Å². The average molecular weight is 159 g/mol. The minimum atomic E-state index is -0.517. The molecule has 0 saturated carbocycles. The molecular formula is C7H13NO3. The van der Waals surface area contributed by atoms with Crippen LogP contribution in [0.1, 0.15) is 13.8 Å². The van der Waals surface area contributed by atoms with Gasteiger partial charge in [-0.25, -0.2) is 9.53 Å². The van der Waals surface area contributed by atoms with E-state index in [1.54, 1.807) is 0 Å². The van der Waals surface area contributed by atoms with Crippen molar-refractivity contribution in [1.82, 2.24) is 0 Å². The average Bonchev–Trinajstić information content (AvgIpc) is 1.85. The molecule has 4 heteroatoms. The Morgan fingerprint density at radius 3 is 2.64 bits per heavy atom. The molecule has 4 nitrogen and oxygen atoms in total. The predicted molar refractivity (Wildman–Crippen MR) is 41.4 cm³/mol. The van der Waals surface area contributed by atoms with E-state index in [1.165, 1.54) is 13.3 Å². The van der Waals surface area contributed by atoms with Gasteiger partial charge in [-0.2, -0.15) is 0 Å². The lowest BCUT2D eigenvalue weighted by Gasteiger charge is -2.02. The first kappa shape index (κ1) is 9.94. The zero-order valence-corrected chi connectivity index (χ0v) is 7.03. The fourth-order valence-corrected chi connectivity index (χ4v) is 0.577. The van der Waals surface area contributed by atoms with Crippen LogP contribution in [-0.4, -0.2) is 30.6 Å². The van der Waals surface area contributed by atoms with Crippen LogP contribution in [-0.2, 0) is 9.53 Å². The van der Waals surface area contributed by atoms with E-state index in [-0.39, 0.29) is 12.5 Å². The Labute approximate surface area is 66.1 Å².